The molecule has 0 unspecified atom stereocenters. The number of hydrogen-bond donors (Lipinski definition) is 0. The molecule has 9 rings (SSSR count). The van der Waals surface area contributed by atoms with Gasteiger partial charge in [0.25, 0.3) is 0 Å². The molecule has 44 heavy (non-hydrogen) atoms. The predicted molar refractivity (Wildman–Crippen MR) is 192 cm³/mol. The third-order valence-corrected chi connectivity index (χ3v) is 10.3. The standard InChI is InChI=1S/C43H28S/c1-6-21-40-39-20-7-8-22-42(39)44-43(40)33(15-1)32-14-10-13-30(26-32)28-11-9-12-29(25-28)31-23-24-38-36-18-3-2-16-34(36)35-17-4-5-19-37(35)41(38)27-31/h2-27H,1H2. The summed E-state index contributed by atoms with van der Waals surface area (Å²) < 4.78 is 1.34. The van der Waals surface area contributed by atoms with Crippen LogP contribution in [0.1, 0.15) is 22.4 Å². The van der Waals surface area contributed by atoms with Crippen molar-refractivity contribution in [1.29, 1.82) is 0 Å². The van der Waals surface area contributed by atoms with Crippen molar-refractivity contribution in [3.05, 3.63) is 168 Å². The molecule has 0 bridgehead atoms. The SMILES string of the molecule is C1=Cc2c(sc3ccccc23)C(c2cccc(-c3cccc(-c4ccc5c6ccccc6c6ccccc6c5c4)c3)c2)=CC1. The van der Waals surface area contributed by atoms with E-state index in [0.29, 0.717) is 0 Å². The fourth-order valence-corrected chi connectivity index (χ4v) is 8.23. The molecule has 0 radical (unpaired) electrons. The van der Waals surface area contributed by atoms with Crippen molar-refractivity contribution in [2.24, 2.45) is 0 Å². The van der Waals surface area contributed by atoms with Gasteiger partial charge in [-0.05, 0) is 96.4 Å². The van der Waals surface area contributed by atoms with Crippen LogP contribution in [-0.4, -0.2) is 0 Å². The second-order valence-electron chi connectivity index (χ2n) is 11.6. The zero-order valence-electron chi connectivity index (χ0n) is 24.1. The van der Waals surface area contributed by atoms with E-state index in [1.807, 2.05) is 11.3 Å². The molecule has 0 saturated heterocycles. The fraction of sp³-hybridized carbons (Fsp3) is 0.0233. The van der Waals surface area contributed by atoms with Gasteiger partial charge in [0.15, 0.2) is 0 Å². The molecule has 0 nitrogen and oxygen atoms in total. The molecule has 0 amide bonds. The first-order valence-corrected chi connectivity index (χ1v) is 16.1. The fourth-order valence-electron chi connectivity index (χ4n) is 6.98. The Labute approximate surface area is 260 Å². The van der Waals surface area contributed by atoms with Crippen LogP contribution in [0.25, 0.3) is 76.3 Å². The number of allylic oxidation sites excluding steroid dienone is 2. The van der Waals surface area contributed by atoms with Crippen LogP contribution < -0.4 is 0 Å². The zero-order chi connectivity index (χ0) is 29.0. The number of thiophene rings is 1. The van der Waals surface area contributed by atoms with Crippen LogP contribution in [0.3, 0.4) is 0 Å². The Morgan fingerprint density at radius 3 is 1.61 bits per heavy atom. The molecule has 1 aromatic heterocycles. The van der Waals surface area contributed by atoms with Crippen LogP contribution in [0, 0.1) is 0 Å². The first kappa shape index (κ1) is 25.3. The third kappa shape index (κ3) is 4.05. The zero-order valence-corrected chi connectivity index (χ0v) is 24.9. The molecule has 0 spiro atoms. The van der Waals surface area contributed by atoms with E-state index in [2.05, 4.69) is 158 Å². The quantitative estimate of drug-likeness (QED) is 0.184. The molecular formula is C43H28S. The second-order valence-corrected chi connectivity index (χ2v) is 12.7. The second kappa shape index (κ2) is 10.2. The van der Waals surface area contributed by atoms with Gasteiger partial charge in [-0.3, -0.25) is 0 Å². The Morgan fingerprint density at radius 2 is 0.932 bits per heavy atom. The topological polar surface area (TPSA) is 0 Å². The van der Waals surface area contributed by atoms with Crippen molar-refractivity contribution in [3.63, 3.8) is 0 Å². The highest BCUT2D eigenvalue weighted by atomic mass is 32.1. The van der Waals surface area contributed by atoms with E-state index >= 15 is 0 Å². The van der Waals surface area contributed by atoms with E-state index in [0.717, 1.165) is 6.42 Å². The van der Waals surface area contributed by atoms with Crippen molar-refractivity contribution in [2.75, 3.05) is 0 Å². The Hall–Kier alpha value is -5.24. The summed E-state index contributed by atoms with van der Waals surface area (Å²) in [5, 5.41) is 9.19. The Balaban J connectivity index is 1.14. The van der Waals surface area contributed by atoms with Gasteiger partial charge >= 0.3 is 0 Å². The van der Waals surface area contributed by atoms with Crippen molar-refractivity contribution < 1.29 is 0 Å². The van der Waals surface area contributed by atoms with E-state index in [4.69, 9.17) is 0 Å². The lowest BCUT2D eigenvalue weighted by molar-refractivity contribution is 1.42. The average Bonchev–Trinajstić information content (AvgIpc) is 3.33. The van der Waals surface area contributed by atoms with Gasteiger partial charge in [0.05, 0.1) is 0 Å². The molecule has 8 aromatic rings. The van der Waals surface area contributed by atoms with Crippen LogP contribution in [-0.2, 0) is 0 Å². The van der Waals surface area contributed by atoms with Gasteiger partial charge in [-0.15, -0.1) is 11.3 Å². The minimum absolute atomic E-state index is 0.941. The highest BCUT2D eigenvalue weighted by molar-refractivity contribution is 7.20. The average molecular weight is 577 g/mol. The molecule has 206 valence electrons. The molecule has 7 aromatic carbocycles. The number of benzene rings is 7. The van der Waals surface area contributed by atoms with Crippen molar-refractivity contribution >= 4 is 65.4 Å². The lowest BCUT2D eigenvalue weighted by atomic mass is 9.91. The monoisotopic (exact) mass is 576 g/mol. The summed E-state index contributed by atoms with van der Waals surface area (Å²) in [6, 6.07) is 51.4. The van der Waals surface area contributed by atoms with Gasteiger partial charge in [0.1, 0.15) is 0 Å². The smallest absolute Gasteiger partial charge is 0.0430 e. The van der Waals surface area contributed by atoms with Crippen LogP contribution in [0.4, 0.5) is 0 Å². The summed E-state index contributed by atoms with van der Waals surface area (Å²) in [5.41, 5.74) is 8.89. The molecule has 0 saturated carbocycles. The number of fused-ring (bicyclic) bond motifs is 9. The van der Waals surface area contributed by atoms with E-state index in [-0.39, 0.29) is 0 Å². The van der Waals surface area contributed by atoms with E-state index < -0.39 is 0 Å². The summed E-state index contributed by atoms with van der Waals surface area (Å²) in [7, 11) is 0. The lowest BCUT2D eigenvalue weighted by Crippen LogP contribution is -1.89. The van der Waals surface area contributed by atoms with Gasteiger partial charge in [-0.1, -0.05) is 133 Å². The van der Waals surface area contributed by atoms with Gasteiger partial charge in [-0.25, -0.2) is 0 Å². The molecule has 0 aliphatic heterocycles. The van der Waals surface area contributed by atoms with Gasteiger partial charge in [-0.2, -0.15) is 0 Å². The summed E-state index contributed by atoms with van der Waals surface area (Å²) in [6.45, 7) is 0. The first-order chi connectivity index (χ1) is 21.8. The molecule has 1 heteroatoms. The first-order valence-electron chi connectivity index (χ1n) is 15.2. The van der Waals surface area contributed by atoms with Crippen LogP contribution in [0.5, 0.6) is 0 Å². The maximum atomic E-state index is 2.39. The molecule has 0 N–H and O–H groups in total. The van der Waals surface area contributed by atoms with E-state index in [9.17, 15) is 0 Å². The van der Waals surface area contributed by atoms with Gasteiger partial charge < -0.3 is 0 Å². The highest BCUT2D eigenvalue weighted by Crippen LogP contribution is 2.42. The van der Waals surface area contributed by atoms with Crippen LogP contribution >= 0.6 is 11.3 Å². The highest BCUT2D eigenvalue weighted by Gasteiger charge is 2.17. The molecule has 1 aliphatic rings. The lowest BCUT2D eigenvalue weighted by Gasteiger charge is -2.13. The van der Waals surface area contributed by atoms with Gasteiger partial charge in [0.2, 0.25) is 0 Å². The molecule has 0 atom stereocenters. The molecule has 0 fully saturated rings. The summed E-state index contributed by atoms with van der Waals surface area (Å²) in [6.07, 6.45) is 7.92. The Bertz CT molecular complexity index is 2430. The maximum Gasteiger partial charge on any atom is 0.0430 e. The Morgan fingerprint density at radius 1 is 0.409 bits per heavy atom. The van der Waals surface area contributed by atoms with E-state index in [1.165, 1.54) is 86.2 Å². The number of rotatable bonds is 3. The maximum absolute atomic E-state index is 2.39. The summed E-state index contributed by atoms with van der Waals surface area (Å²) in [5.74, 6) is 0. The largest absolute Gasteiger partial charge is 0.135 e. The van der Waals surface area contributed by atoms with E-state index in [1.54, 1.807) is 0 Å². The molecule has 1 heterocycles. The normalized spacial score (nSPS) is 13.0. The van der Waals surface area contributed by atoms with Crippen molar-refractivity contribution in [1.82, 2.24) is 0 Å². The third-order valence-electron chi connectivity index (χ3n) is 9.07. The summed E-state index contributed by atoms with van der Waals surface area (Å²) in [4.78, 5) is 1.36. The Kier molecular flexibility index (Phi) is 5.85. The number of hydrogen-bond acceptors (Lipinski definition) is 1. The van der Waals surface area contributed by atoms with Crippen LogP contribution in [0.15, 0.2) is 152 Å². The van der Waals surface area contributed by atoms with Crippen molar-refractivity contribution in [2.45, 2.75) is 6.42 Å². The minimum atomic E-state index is 0.941. The van der Waals surface area contributed by atoms with Gasteiger partial charge in [0, 0.05) is 20.5 Å². The van der Waals surface area contributed by atoms with Crippen molar-refractivity contribution in [3.8, 4) is 22.3 Å². The van der Waals surface area contributed by atoms with Crippen LogP contribution in [0.2, 0.25) is 0 Å². The molecular weight excluding hydrogens is 549 g/mol. The predicted octanol–water partition coefficient (Wildman–Crippen LogP) is 12.5. The summed E-state index contributed by atoms with van der Waals surface area (Å²) >= 11 is 1.90. The molecule has 1 aliphatic carbocycles. The minimum Gasteiger partial charge on any atom is -0.135 e.